The molecule has 1 aliphatic carbocycles. The van der Waals surface area contributed by atoms with Crippen LogP contribution < -0.4 is 0 Å². The maximum absolute atomic E-state index is 10.3. The Kier molecular flexibility index (Phi) is 3.53. The van der Waals surface area contributed by atoms with E-state index >= 15 is 0 Å². The van der Waals surface area contributed by atoms with Crippen molar-refractivity contribution < 1.29 is 9.90 Å². The van der Waals surface area contributed by atoms with Crippen LogP contribution in [-0.2, 0) is 4.79 Å². The van der Waals surface area contributed by atoms with Gasteiger partial charge in [-0.15, -0.1) is 0 Å². The zero-order valence-corrected chi connectivity index (χ0v) is 7.62. The summed E-state index contributed by atoms with van der Waals surface area (Å²) >= 11 is 0. The van der Waals surface area contributed by atoms with E-state index in [1.807, 2.05) is 0 Å². The molecule has 1 saturated carbocycles. The van der Waals surface area contributed by atoms with Crippen LogP contribution >= 0.6 is 0 Å². The van der Waals surface area contributed by atoms with E-state index in [9.17, 15) is 4.79 Å². The topological polar surface area (TPSA) is 40.5 Å². The van der Waals surface area contributed by atoms with E-state index in [2.05, 4.69) is 11.8 Å². The largest absolute Gasteiger partial charge is 0.481 e. The van der Waals surface area contributed by atoms with Gasteiger partial charge in [-0.05, 0) is 25.3 Å². The number of aliphatic carboxylic acids is 1. The molecule has 0 atom stereocenters. The van der Waals surface area contributed by atoms with Crippen molar-refractivity contribution in [3.63, 3.8) is 0 Å². The number of carboxylic acid groups (broad SMARTS) is 1. The summed E-state index contributed by atoms with van der Waals surface area (Å²) in [6.45, 7) is 4.88. The lowest BCUT2D eigenvalue weighted by Crippen LogP contribution is -2.28. The Bertz CT molecular complexity index is 155. The first-order valence-corrected chi connectivity index (χ1v) is 4.66. The summed E-state index contributed by atoms with van der Waals surface area (Å²) in [6, 6.07) is 0. The molecule has 1 aliphatic rings. The first-order valence-electron chi connectivity index (χ1n) is 4.66. The molecule has 3 heteroatoms. The van der Waals surface area contributed by atoms with E-state index in [1.165, 1.54) is 12.8 Å². The monoisotopic (exact) mass is 171 g/mol. The lowest BCUT2D eigenvalue weighted by molar-refractivity contribution is -0.137. The predicted molar refractivity (Wildman–Crippen MR) is 47.1 cm³/mol. The van der Waals surface area contributed by atoms with Crippen LogP contribution in [0.3, 0.4) is 0 Å². The highest BCUT2D eigenvalue weighted by molar-refractivity contribution is 5.66. The standard InChI is InChI=1S/C9H17NO2/c1-2-10(6-5-9(11)12)7-8-3-4-8/h8H,2-7H2,1H3,(H,11,12). The minimum Gasteiger partial charge on any atom is -0.481 e. The normalized spacial score (nSPS) is 16.8. The third-order valence-electron chi connectivity index (χ3n) is 2.30. The fourth-order valence-corrected chi connectivity index (χ4v) is 1.30. The molecule has 0 saturated heterocycles. The number of hydrogen-bond donors (Lipinski definition) is 1. The molecule has 1 rings (SSSR count). The van der Waals surface area contributed by atoms with Crippen LogP contribution in [0, 0.1) is 5.92 Å². The van der Waals surface area contributed by atoms with Crippen molar-refractivity contribution in [3.05, 3.63) is 0 Å². The van der Waals surface area contributed by atoms with Gasteiger partial charge in [0.25, 0.3) is 0 Å². The minimum atomic E-state index is -0.691. The molecule has 0 unspecified atom stereocenters. The second-order valence-corrected chi connectivity index (χ2v) is 3.48. The van der Waals surface area contributed by atoms with Crippen LogP contribution in [-0.4, -0.2) is 35.6 Å². The van der Waals surface area contributed by atoms with Crippen molar-refractivity contribution in [1.29, 1.82) is 0 Å². The van der Waals surface area contributed by atoms with Gasteiger partial charge in [-0.3, -0.25) is 4.79 Å². The zero-order chi connectivity index (χ0) is 8.97. The summed E-state index contributed by atoms with van der Waals surface area (Å²) in [4.78, 5) is 12.5. The Labute approximate surface area is 73.4 Å². The van der Waals surface area contributed by atoms with Crippen molar-refractivity contribution in [2.24, 2.45) is 5.92 Å². The van der Waals surface area contributed by atoms with Crippen molar-refractivity contribution >= 4 is 5.97 Å². The zero-order valence-electron chi connectivity index (χ0n) is 7.62. The van der Waals surface area contributed by atoms with Crippen LogP contribution in [0.4, 0.5) is 0 Å². The molecule has 0 heterocycles. The molecular weight excluding hydrogens is 154 g/mol. The molecule has 0 aromatic rings. The number of hydrogen-bond acceptors (Lipinski definition) is 2. The van der Waals surface area contributed by atoms with E-state index in [1.54, 1.807) is 0 Å². The Morgan fingerprint density at radius 1 is 1.58 bits per heavy atom. The quantitative estimate of drug-likeness (QED) is 0.652. The molecule has 0 aromatic carbocycles. The lowest BCUT2D eigenvalue weighted by atomic mass is 10.3. The molecule has 0 amide bonds. The molecule has 0 spiro atoms. The molecule has 0 aromatic heterocycles. The van der Waals surface area contributed by atoms with Gasteiger partial charge in [0.15, 0.2) is 0 Å². The lowest BCUT2D eigenvalue weighted by Gasteiger charge is -2.18. The number of nitrogens with zero attached hydrogens (tertiary/aromatic N) is 1. The predicted octanol–water partition coefficient (Wildman–Crippen LogP) is 1.19. The highest BCUT2D eigenvalue weighted by atomic mass is 16.4. The van der Waals surface area contributed by atoms with Crippen molar-refractivity contribution in [1.82, 2.24) is 4.90 Å². The Morgan fingerprint density at radius 3 is 2.67 bits per heavy atom. The highest BCUT2D eigenvalue weighted by Gasteiger charge is 2.23. The van der Waals surface area contributed by atoms with Crippen molar-refractivity contribution in [2.45, 2.75) is 26.2 Å². The summed E-state index contributed by atoms with van der Waals surface area (Å²) < 4.78 is 0. The highest BCUT2D eigenvalue weighted by Crippen LogP contribution is 2.29. The number of carbonyl (C=O) groups is 1. The molecule has 1 N–H and O–H groups in total. The van der Waals surface area contributed by atoms with Crippen LogP contribution in [0.25, 0.3) is 0 Å². The molecule has 70 valence electrons. The van der Waals surface area contributed by atoms with Gasteiger partial charge in [0, 0.05) is 13.1 Å². The molecule has 0 radical (unpaired) electrons. The Morgan fingerprint density at radius 2 is 2.25 bits per heavy atom. The third-order valence-corrected chi connectivity index (χ3v) is 2.30. The van der Waals surface area contributed by atoms with Crippen LogP contribution in [0.1, 0.15) is 26.2 Å². The molecule has 0 bridgehead atoms. The first kappa shape index (κ1) is 9.52. The molecular formula is C9H17NO2. The average Bonchev–Trinajstić information content (AvgIpc) is 2.81. The maximum atomic E-state index is 10.3. The first-order chi connectivity index (χ1) is 5.72. The summed E-state index contributed by atoms with van der Waals surface area (Å²) in [7, 11) is 0. The van der Waals surface area contributed by atoms with E-state index in [0.717, 1.165) is 19.0 Å². The Hall–Kier alpha value is -0.570. The van der Waals surface area contributed by atoms with Gasteiger partial charge in [-0.1, -0.05) is 6.92 Å². The Balaban J connectivity index is 2.10. The summed E-state index contributed by atoms with van der Waals surface area (Å²) in [5, 5.41) is 8.48. The minimum absolute atomic E-state index is 0.278. The SMILES string of the molecule is CCN(CCC(=O)O)CC1CC1. The van der Waals surface area contributed by atoms with Gasteiger partial charge in [-0.2, -0.15) is 0 Å². The van der Waals surface area contributed by atoms with Gasteiger partial charge in [0.2, 0.25) is 0 Å². The molecule has 12 heavy (non-hydrogen) atoms. The van der Waals surface area contributed by atoms with Gasteiger partial charge in [0.1, 0.15) is 0 Å². The summed E-state index contributed by atoms with van der Waals surface area (Å²) in [6.07, 6.45) is 2.95. The smallest absolute Gasteiger partial charge is 0.304 e. The van der Waals surface area contributed by atoms with Crippen molar-refractivity contribution in [2.75, 3.05) is 19.6 Å². The van der Waals surface area contributed by atoms with Crippen LogP contribution in [0.15, 0.2) is 0 Å². The fraction of sp³-hybridized carbons (Fsp3) is 0.889. The third kappa shape index (κ3) is 3.72. The number of carboxylic acids is 1. The molecule has 1 fully saturated rings. The van der Waals surface area contributed by atoms with E-state index in [-0.39, 0.29) is 6.42 Å². The summed E-state index contributed by atoms with van der Waals surface area (Å²) in [5.74, 6) is 0.169. The van der Waals surface area contributed by atoms with E-state index < -0.39 is 5.97 Å². The van der Waals surface area contributed by atoms with Gasteiger partial charge in [-0.25, -0.2) is 0 Å². The van der Waals surface area contributed by atoms with Crippen molar-refractivity contribution in [3.8, 4) is 0 Å². The summed E-state index contributed by atoms with van der Waals surface area (Å²) in [5.41, 5.74) is 0. The van der Waals surface area contributed by atoms with Crippen LogP contribution in [0.5, 0.6) is 0 Å². The van der Waals surface area contributed by atoms with Gasteiger partial charge < -0.3 is 10.0 Å². The average molecular weight is 171 g/mol. The van der Waals surface area contributed by atoms with E-state index in [4.69, 9.17) is 5.11 Å². The van der Waals surface area contributed by atoms with Gasteiger partial charge in [0.05, 0.1) is 6.42 Å². The fourth-order valence-electron chi connectivity index (χ4n) is 1.30. The second-order valence-electron chi connectivity index (χ2n) is 3.48. The maximum Gasteiger partial charge on any atom is 0.304 e. The number of rotatable bonds is 6. The van der Waals surface area contributed by atoms with Crippen LogP contribution in [0.2, 0.25) is 0 Å². The molecule has 0 aliphatic heterocycles. The van der Waals surface area contributed by atoms with E-state index in [0.29, 0.717) is 6.54 Å². The second kappa shape index (κ2) is 4.45. The molecule has 3 nitrogen and oxygen atoms in total. The van der Waals surface area contributed by atoms with Gasteiger partial charge >= 0.3 is 5.97 Å².